The number of nitrogens with zero attached hydrogens (tertiary/aromatic N) is 1. The number of hydrogen-bond donors (Lipinski definition) is 1. The Bertz CT molecular complexity index is 647. The molecule has 24 heavy (non-hydrogen) atoms. The fourth-order valence-corrected chi connectivity index (χ4v) is 2.18. The smallest absolute Gasteiger partial charge is 0.346 e. The summed E-state index contributed by atoms with van der Waals surface area (Å²) < 4.78 is 5.32. The first kappa shape index (κ1) is 19.6. The Labute approximate surface area is 141 Å². The highest BCUT2D eigenvalue weighted by molar-refractivity contribution is 5.97. The van der Waals surface area contributed by atoms with Crippen LogP contribution in [0.2, 0.25) is 0 Å². The van der Waals surface area contributed by atoms with E-state index in [-0.39, 0.29) is 17.2 Å². The molecule has 7 heteroatoms. The Kier molecular flexibility index (Phi) is 6.06. The van der Waals surface area contributed by atoms with Crippen LogP contribution in [-0.2, 0) is 9.53 Å². The van der Waals surface area contributed by atoms with E-state index in [9.17, 15) is 19.7 Å². The molecule has 1 aromatic carbocycles. The zero-order valence-corrected chi connectivity index (χ0v) is 14.9. The predicted octanol–water partition coefficient (Wildman–Crippen LogP) is 3.00. The molecular weight excluding hydrogens is 312 g/mol. The van der Waals surface area contributed by atoms with Crippen molar-refractivity contribution in [2.24, 2.45) is 5.92 Å². The molecular formula is C17H24N2O5. The molecule has 132 valence electrons. The Morgan fingerprint density at radius 1 is 1.25 bits per heavy atom. The van der Waals surface area contributed by atoms with E-state index in [2.05, 4.69) is 5.32 Å². The van der Waals surface area contributed by atoms with E-state index >= 15 is 0 Å². The van der Waals surface area contributed by atoms with E-state index in [0.717, 1.165) is 0 Å². The number of rotatable bonds is 5. The van der Waals surface area contributed by atoms with Crippen molar-refractivity contribution in [3.63, 3.8) is 0 Å². The molecule has 0 aliphatic heterocycles. The summed E-state index contributed by atoms with van der Waals surface area (Å²) in [6.45, 7) is 10.5. The second-order valence-electron chi connectivity index (χ2n) is 7.04. The van der Waals surface area contributed by atoms with Crippen molar-refractivity contribution in [2.75, 3.05) is 0 Å². The molecule has 1 N–H and O–H groups in total. The lowest BCUT2D eigenvalue weighted by molar-refractivity contribution is -0.385. The standard InChI is InChI=1S/C17H24N2O5/c1-10(2)14(15(20)18-17(4,5)6)24-16(21)13-11(3)8-7-9-12(13)19(22)23/h7-10,14H,1-6H3,(H,18,20)/t14-/m1/s1. The topological polar surface area (TPSA) is 98.5 Å². The first-order valence-electron chi connectivity index (χ1n) is 7.71. The second kappa shape index (κ2) is 7.42. The van der Waals surface area contributed by atoms with E-state index in [4.69, 9.17) is 4.74 Å². The van der Waals surface area contributed by atoms with Gasteiger partial charge >= 0.3 is 5.97 Å². The van der Waals surface area contributed by atoms with Crippen molar-refractivity contribution in [3.05, 3.63) is 39.4 Å². The first-order valence-corrected chi connectivity index (χ1v) is 7.71. The van der Waals surface area contributed by atoms with Crippen molar-refractivity contribution in [1.29, 1.82) is 0 Å². The van der Waals surface area contributed by atoms with Crippen molar-refractivity contribution < 1.29 is 19.2 Å². The van der Waals surface area contributed by atoms with Crippen LogP contribution in [0.1, 0.15) is 50.5 Å². The van der Waals surface area contributed by atoms with Gasteiger partial charge in [0.2, 0.25) is 0 Å². The van der Waals surface area contributed by atoms with E-state index in [1.165, 1.54) is 12.1 Å². The molecule has 0 heterocycles. The fraction of sp³-hybridized carbons (Fsp3) is 0.529. The van der Waals surface area contributed by atoms with Crippen LogP contribution in [0.5, 0.6) is 0 Å². The molecule has 1 amide bonds. The van der Waals surface area contributed by atoms with Crippen LogP contribution in [-0.4, -0.2) is 28.4 Å². The maximum atomic E-state index is 12.5. The third kappa shape index (κ3) is 5.04. The molecule has 1 aromatic rings. The van der Waals surface area contributed by atoms with Crippen molar-refractivity contribution in [1.82, 2.24) is 5.32 Å². The largest absolute Gasteiger partial charge is 0.448 e. The number of nitro benzene ring substituents is 1. The highest BCUT2D eigenvalue weighted by Gasteiger charge is 2.32. The number of amides is 1. The Balaban J connectivity index is 3.11. The van der Waals surface area contributed by atoms with Crippen LogP contribution in [0, 0.1) is 23.0 Å². The third-order valence-electron chi connectivity index (χ3n) is 3.25. The number of benzene rings is 1. The van der Waals surface area contributed by atoms with Gasteiger partial charge in [0.25, 0.3) is 11.6 Å². The number of hydrogen-bond acceptors (Lipinski definition) is 5. The minimum atomic E-state index is -1.03. The fourth-order valence-electron chi connectivity index (χ4n) is 2.18. The summed E-state index contributed by atoms with van der Waals surface area (Å²) in [5.74, 6) is -1.58. The summed E-state index contributed by atoms with van der Waals surface area (Å²) in [5.41, 5.74) is -0.519. The molecule has 0 radical (unpaired) electrons. The lowest BCUT2D eigenvalue weighted by Gasteiger charge is -2.26. The van der Waals surface area contributed by atoms with Crippen molar-refractivity contribution >= 4 is 17.6 Å². The number of nitro groups is 1. The molecule has 0 aliphatic carbocycles. The van der Waals surface area contributed by atoms with Crippen LogP contribution < -0.4 is 5.32 Å². The Morgan fingerprint density at radius 2 is 1.83 bits per heavy atom. The third-order valence-corrected chi connectivity index (χ3v) is 3.25. The SMILES string of the molecule is Cc1cccc([N+](=O)[O-])c1C(=O)O[C@@H](C(=O)NC(C)(C)C)C(C)C. The van der Waals surface area contributed by atoms with Crippen LogP contribution in [0.25, 0.3) is 0 Å². The minimum Gasteiger partial charge on any atom is -0.448 e. The van der Waals surface area contributed by atoms with Crippen molar-refractivity contribution in [2.45, 2.75) is 53.2 Å². The van der Waals surface area contributed by atoms with Gasteiger partial charge in [0.1, 0.15) is 5.56 Å². The second-order valence-corrected chi connectivity index (χ2v) is 7.04. The summed E-state index contributed by atoms with van der Waals surface area (Å²) in [7, 11) is 0. The molecule has 0 fully saturated rings. The molecule has 0 saturated carbocycles. The molecule has 0 spiro atoms. The quantitative estimate of drug-likeness (QED) is 0.506. The molecule has 1 rings (SSSR count). The van der Waals surface area contributed by atoms with Gasteiger partial charge < -0.3 is 10.1 Å². The maximum Gasteiger partial charge on any atom is 0.346 e. The summed E-state index contributed by atoms with van der Waals surface area (Å²) in [6.07, 6.45) is -1.03. The van der Waals surface area contributed by atoms with E-state index in [1.807, 2.05) is 20.8 Å². The van der Waals surface area contributed by atoms with Crippen LogP contribution in [0.4, 0.5) is 5.69 Å². The normalized spacial score (nSPS) is 12.6. The zero-order valence-electron chi connectivity index (χ0n) is 14.9. The van der Waals surface area contributed by atoms with Gasteiger partial charge in [0, 0.05) is 11.6 Å². The molecule has 0 aliphatic rings. The van der Waals surface area contributed by atoms with E-state index < -0.39 is 28.4 Å². The number of aryl methyl sites for hydroxylation is 1. The van der Waals surface area contributed by atoms with Gasteiger partial charge in [-0.2, -0.15) is 0 Å². The highest BCUT2D eigenvalue weighted by Crippen LogP contribution is 2.24. The van der Waals surface area contributed by atoms with Crippen LogP contribution >= 0.6 is 0 Å². The summed E-state index contributed by atoms with van der Waals surface area (Å²) in [6, 6.07) is 4.32. The van der Waals surface area contributed by atoms with E-state index in [0.29, 0.717) is 5.56 Å². The highest BCUT2D eigenvalue weighted by atomic mass is 16.6. The van der Waals surface area contributed by atoms with Crippen LogP contribution in [0.3, 0.4) is 0 Å². The van der Waals surface area contributed by atoms with Gasteiger partial charge in [-0.1, -0.05) is 26.0 Å². The van der Waals surface area contributed by atoms with Gasteiger partial charge in [-0.25, -0.2) is 4.79 Å². The predicted molar refractivity (Wildman–Crippen MR) is 89.8 cm³/mol. The first-order chi connectivity index (χ1) is 10.9. The molecule has 0 unspecified atom stereocenters. The lowest BCUT2D eigenvalue weighted by atomic mass is 10.0. The minimum absolute atomic E-state index is 0.128. The number of carbonyl (C=O) groups is 2. The molecule has 0 saturated heterocycles. The van der Waals surface area contributed by atoms with Gasteiger partial charge in [-0.05, 0) is 39.2 Å². The summed E-state index contributed by atoms with van der Waals surface area (Å²) in [4.78, 5) is 35.3. The zero-order chi connectivity index (χ0) is 18.7. The number of nitrogens with one attached hydrogen (secondary N) is 1. The maximum absolute atomic E-state index is 12.5. The number of carbonyl (C=O) groups excluding carboxylic acids is 2. The van der Waals surface area contributed by atoms with Gasteiger partial charge in [-0.15, -0.1) is 0 Å². The Hall–Kier alpha value is -2.44. The summed E-state index contributed by atoms with van der Waals surface area (Å²) in [5, 5.41) is 13.9. The molecule has 7 nitrogen and oxygen atoms in total. The molecule has 1 atom stereocenters. The molecule has 0 bridgehead atoms. The average Bonchev–Trinajstić information content (AvgIpc) is 2.41. The average molecular weight is 336 g/mol. The number of esters is 1. The van der Waals surface area contributed by atoms with Gasteiger partial charge in [0.15, 0.2) is 6.10 Å². The lowest BCUT2D eigenvalue weighted by Crippen LogP contribution is -2.49. The monoisotopic (exact) mass is 336 g/mol. The number of ether oxygens (including phenoxy) is 1. The van der Waals surface area contributed by atoms with Crippen LogP contribution in [0.15, 0.2) is 18.2 Å². The van der Waals surface area contributed by atoms with Crippen molar-refractivity contribution in [3.8, 4) is 0 Å². The van der Waals surface area contributed by atoms with E-state index in [1.54, 1.807) is 26.8 Å². The van der Waals surface area contributed by atoms with Gasteiger partial charge in [-0.3, -0.25) is 14.9 Å². The molecule has 0 aromatic heterocycles. The van der Waals surface area contributed by atoms with Gasteiger partial charge in [0.05, 0.1) is 4.92 Å². The Morgan fingerprint density at radius 3 is 2.29 bits per heavy atom. The summed E-state index contributed by atoms with van der Waals surface area (Å²) >= 11 is 0.